The van der Waals surface area contributed by atoms with Crippen molar-refractivity contribution in [2.24, 2.45) is 0 Å². The van der Waals surface area contributed by atoms with Crippen molar-refractivity contribution in [1.82, 2.24) is 5.32 Å². The molecular weight excluding hydrogens is 648 g/mol. The fourth-order valence-electron chi connectivity index (χ4n) is 5.27. The molecule has 0 bridgehead atoms. The number of carbonyl (C=O) groups is 4. The first-order chi connectivity index (χ1) is 20.7. The van der Waals surface area contributed by atoms with E-state index in [2.05, 4.69) is 4.74 Å². The highest BCUT2D eigenvalue weighted by atomic mass is 31.2. The Labute approximate surface area is 252 Å². The van der Waals surface area contributed by atoms with Crippen LogP contribution < -0.4 is 10.1 Å². The second-order valence-corrected chi connectivity index (χ2v) is 14.4. The number of rotatable bonds is 9. The molecule has 0 aliphatic heterocycles. The third-order valence-electron chi connectivity index (χ3n) is 7.61. The second-order valence-electron chi connectivity index (χ2n) is 10.3. The summed E-state index contributed by atoms with van der Waals surface area (Å²) < 4.78 is 32.6. The van der Waals surface area contributed by atoms with Crippen LogP contribution in [0.3, 0.4) is 0 Å². The molecule has 0 spiro atoms. The number of nitrogens with one attached hydrogen (secondary N) is 1. The number of hydrogen-bond donors (Lipinski definition) is 10. The topological polar surface area (TPSA) is 315 Å². The molecule has 1 amide bonds. The third kappa shape index (κ3) is 5.65. The predicted octanol–water partition coefficient (Wildman–Crippen LogP) is -0.721. The lowest BCUT2D eigenvalue weighted by Crippen LogP contribution is -2.48. The van der Waals surface area contributed by atoms with Crippen LogP contribution in [0.25, 0.3) is 0 Å². The van der Waals surface area contributed by atoms with Gasteiger partial charge in [-0.25, -0.2) is 4.79 Å². The molecule has 0 fully saturated rings. The highest BCUT2D eigenvalue weighted by Crippen LogP contribution is 2.68. The predicted molar refractivity (Wildman–Crippen MR) is 146 cm³/mol. The molecule has 0 radical (unpaired) electrons. The lowest BCUT2D eigenvalue weighted by atomic mass is 9.72. The maximum absolute atomic E-state index is 13.4. The molecule has 2 aliphatic carbocycles. The number of carbonyl (C=O) groups excluding carboxylic acids is 4. The molecule has 2 aromatic rings. The maximum atomic E-state index is 13.4. The molecule has 0 heterocycles. The van der Waals surface area contributed by atoms with E-state index in [1.54, 1.807) is 0 Å². The molecule has 18 nitrogen and oxygen atoms in total. The van der Waals surface area contributed by atoms with Crippen LogP contribution in [0.2, 0.25) is 0 Å². The van der Waals surface area contributed by atoms with Crippen molar-refractivity contribution in [3.05, 3.63) is 51.6 Å². The summed E-state index contributed by atoms with van der Waals surface area (Å²) in [4.78, 5) is 88.2. The van der Waals surface area contributed by atoms with Gasteiger partial charge in [-0.15, -0.1) is 0 Å². The minimum Gasteiger partial charge on any atom is -0.507 e. The zero-order valence-corrected chi connectivity index (χ0v) is 24.8. The normalized spacial score (nSPS) is 19.7. The van der Waals surface area contributed by atoms with E-state index in [1.165, 1.54) is 25.3 Å². The largest absolute Gasteiger partial charge is 0.507 e. The van der Waals surface area contributed by atoms with Crippen molar-refractivity contribution >= 4 is 38.6 Å². The Morgan fingerprint density at radius 3 is 2.20 bits per heavy atom. The molecule has 2 aliphatic rings. The number of alkyl carbamates (subject to hydrolysis) is 1. The summed E-state index contributed by atoms with van der Waals surface area (Å²) in [6.45, 7) is -2.15. The van der Waals surface area contributed by atoms with E-state index in [1.807, 2.05) is 5.32 Å². The molecule has 244 valence electrons. The summed E-state index contributed by atoms with van der Waals surface area (Å²) in [6, 6.07) is 4.10. The van der Waals surface area contributed by atoms with Gasteiger partial charge in [0.25, 0.3) is 5.08 Å². The fraction of sp³-hybridized carbons (Fsp3) is 0.360. The maximum Gasteiger partial charge on any atom is 0.407 e. The van der Waals surface area contributed by atoms with Gasteiger partial charge in [0.2, 0.25) is 11.6 Å². The molecule has 0 aromatic heterocycles. The summed E-state index contributed by atoms with van der Waals surface area (Å²) in [5.74, 6) is -4.79. The average Bonchev–Trinajstić information content (AvgIpc) is 2.94. The highest BCUT2D eigenvalue weighted by Gasteiger charge is 2.59. The molecule has 20 heteroatoms. The minimum absolute atomic E-state index is 0.0111. The molecule has 0 saturated carbocycles. The van der Waals surface area contributed by atoms with Crippen LogP contribution in [0, 0.1) is 0 Å². The van der Waals surface area contributed by atoms with E-state index in [-0.39, 0.29) is 16.9 Å². The summed E-state index contributed by atoms with van der Waals surface area (Å²) in [5.41, 5.74) is -5.03. The van der Waals surface area contributed by atoms with Gasteiger partial charge in [0, 0.05) is 42.5 Å². The molecule has 10 N–H and O–H groups in total. The van der Waals surface area contributed by atoms with Gasteiger partial charge in [-0.3, -0.25) is 23.5 Å². The average molecular weight is 675 g/mol. The van der Waals surface area contributed by atoms with Crippen LogP contribution in [0.15, 0.2) is 18.2 Å². The highest BCUT2D eigenvalue weighted by molar-refractivity contribution is 7.72. The van der Waals surface area contributed by atoms with Gasteiger partial charge in [0.1, 0.15) is 22.8 Å². The van der Waals surface area contributed by atoms with Gasteiger partial charge in [0.15, 0.2) is 12.4 Å². The Balaban J connectivity index is 1.54. The number of Topliss-reactive ketones (excluding diaryl/α,β-unsaturated/α-hetero) is 1. The molecule has 2 aromatic carbocycles. The molecule has 4 rings (SSSR count). The zero-order valence-electron chi connectivity index (χ0n) is 23.0. The van der Waals surface area contributed by atoms with E-state index in [0.29, 0.717) is 0 Å². The number of methoxy groups -OCH3 is 1. The summed E-state index contributed by atoms with van der Waals surface area (Å²) >= 11 is 0. The smallest absolute Gasteiger partial charge is 0.407 e. The van der Waals surface area contributed by atoms with Gasteiger partial charge in [-0.2, -0.15) is 0 Å². The summed E-state index contributed by atoms with van der Waals surface area (Å²) in [5, 5.41) is 51.9. The van der Waals surface area contributed by atoms with Crippen LogP contribution >= 0.6 is 15.2 Å². The van der Waals surface area contributed by atoms with Crippen molar-refractivity contribution in [2.75, 3.05) is 20.3 Å². The number of phenolic OH excluding ortho intramolecular Hbond substituents is 2. The van der Waals surface area contributed by atoms with Crippen molar-refractivity contribution < 1.29 is 82.9 Å². The van der Waals surface area contributed by atoms with E-state index in [0.717, 1.165) is 0 Å². The Hall–Kier alpha value is -3.70. The fourth-order valence-corrected chi connectivity index (χ4v) is 7.43. The number of ketones is 3. The van der Waals surface area contributed by atoms with Gasteiger partial charge < -0.3 is 59.9 Å². The molecule has 45 heavy (non-hydrogen) atoms. The number of fused-ring (bicyclic) bond motifs is 3. The number of ether oxygens (including phenoxy) is 2. The standard InChI is InChI=1S/C25H27NO17P2/c1-42-13-4-2-3-10-16(13)22(32)18-17(19(10)29)20(30)11-7-24(34,8-12(27)15(11)21(18)31)14(28)9-43-23(33)26-6-5-25(35,44(36,37)38)45(39,40)41/h2-4,12,27,30-31,34-35H,5-9H2,1H3,(H,26,33)(H2,36,37,38)(H2,39,40,41). The number of aliphatic hydroxyl groups excluding tert-OH is 1. The lowest BCUT2D eigenvalue weighted by Gasteiger charge is -2.37. The van der Waals surface area contributed by atoms with Crippen LogP contribution in [-0.4, -0.2) is 99.5 Å². The first-order valence-electron chi connectivity index (χ1n) is 12.7. The van der Waals surface area contributed by atoms with E-state index in [4.69, 9.17) is 24.3 Å². The number of hydrogen-bond acceptors (Lipinski definition) is 13. The van der Waals surface area contributed by atoms with Crippen LogP contribution in [0.5, 0.6) is 17.2 Å². The van der Waals surface area contributed by atoms with Crippen LogP contribution in [0.1, 0.15) is 61.9 Å². The lowest BCUT2D eigenvalue weighted by molar-refractivity contribution is -0.145. The number of amides is 1. The van der Waals surface area contributed by atoms with E-state index in [9.17, 15) is 53.8 Å². The molecule has 0 saturated heterocycles. The van der Waals surface area contributed by atoms with Crippen molar-refractivity contribution in [2.45, 2.75) is 36.1 Å². The Morgan fingerprint density at radius 1 is 1.02 bits per heavy atom. The zero-order chi connectivity index (χ0) is 33.9. The molecule has 2 unspecified atom stereocenters. The SMILES string of the molecule is COc1cccc2c1C(=O)c1c(O)c3c(c(O)c1C2=O)CC(O)(C(=O)COC(=O)NCCC(O)(P(=O)(O)O)P(=O)(O)O)CC3O. The quantitative estimate of drug-likeness (QED) is 0.0988. The minimum atomic E-state index is -5.80. The number of benzene rings is 2. The molecular formula is C25H27NO17P2. The number of phenols is 2. The molecule has 2 atom stereocenters. The monoisotopic (exact) mass is 675 g/mol. The van der Waals surface area contributed by atoms with E-state index >= 15 is 0 Å². The van der Waals surface area contributed by atoms with Gasteiger partial charge >= 0.3 is 21.3 Å². The third-order valence-corrected chi connectivity index (χ3v) is 11.5. The second kappa shape index (κ2) is 11.6. The number of aliphatic hydroxyl groups is 3. The number of aromatic hydroxyl groups is 2. The van der Waals surface area contributed by atoms with Crippen LogP contribution in [-0.2, 0) is 25.1 Å². The van der Waals surface area contributed by atoms with Crippen molar-refractivity contribution in [3.63, 3.8) is 0 Å². The Bertz CT molecular complexity index is 1700. The Kier molecular flexibility index (Phi) is 8.80. The van der Waals surface area contributed by atoms with Gasteiger partial charge in [0.05, 0.1) is 29.9 Å². The summed E-state index contributed by atoms with van der Waals surface area (Å²) in [6.07, 6.45) is -6.33. The first kappa shape index (κ1) is 34.2. The van der Waals surface area contributed by atoms with Gasteiger partial charge in [-0.1, -0.05) is 12.1 Å². The van der Waals surface area contributed by atoms with Crippen molar-refractivity contribution in [3.8, 4) is 17.2 Å². The first-order valence-corrected chi connectivity index (χ1v) is 16.0. The van der Waals surface area contributed by atoms with E-state index < -0.39 is 122 Å². The van der Waals surface area contributed by atoms with Gasteiger partial charge in [-0.05, 0) is 6.07 Å². The Morgan fingerprint density at radius 2 is 1.62 bits per heavy atom. The summed E-state index contributed by atoms with van der Waals surface area (Å²) in [7, 11) is -10.3. The van der Waals surface area contributed by atoms with Crippen LogP contribution in [0.4, 0.5) is 4.79 Å². The van der Waals surface area contributed by atoms with Crippen molar-refractivity contribution in [1.29, 1.82) is 0 Å².